The molecule has 0 radical (unpaired) electrons. The first-order chi connectivity index (χ1) is 25.3. The number of urea groups is 1. The zero-order valence-electron chi connectivity index (χ0n) is 28.8. The number of nitrogens with two attached hydrogens (primary N) is 1. The molecule has 3 unspecified atom stereocenters. The standard InChI is InChI=1S/C36H36F6N8O2S/c1-2-50(20-7-12-48(17-20)34(51)47-9-4-10-47)32-22-13-24(36(40,41)42)27(21-5-6-25(38)30-26(21)23(15-43)31(44)53-30)28(39)29(22)45-33(46-32)52-18-35-8-3-11-49(35)16-19(37)14-35/h5-6,13,19-20H,2-4,7-12,14,16-18,44H2,1H3. The van der Waals surface area contributed by atoms with Crippen molar-refractivity contribution in [2.45, 2.75) is 63.0 Å². The minimum atomic E-state index is -5.12. The Balaban J connectivity index is 1.31. The van der Waals surface area contributed by atoms with Crippen molar-refractivity contribution in [1.82, 2.24) is 24.7 Å². The smallest absolute Gasteiger partial charge is 0.417 e. The second kappa shape index (κ2) is 13.1. The number of carbonyl (C=O) groups is 1. The number of hydrogen-bond acceptors (Lipinski definition) is 9. The van der Waals surface area contributed by atoms with Gasteiger partial charge in [-0.3, -0.25) is 4.90 Å². The lowest BCUT2D eigenvalue weighted by atomic mass is 9.92. The molecule has 10 nitrogen and oxygen atoms in total. The van der Waals surface area contributed by atoms with Crippen LogP contribution >= 0.6 is 11.3 Å². The molecule has 2 aromatic carbocycles. The molecule has 0 saturated carbocycles. The van der Waals surface area contributed by atoms with Gasteiger partial charge in [-0.15, -0.1) is 11.3 Å². The fourth-order valence-corrected chi connectivity index (χ4v) is 9.53. The van der Waals surface area contributed by atoms with Crippen molar-refractivity contribution in [1.29, 1.82) is 5.26 Å². The number of nitrogens with zero attached hydrogens (tertiary/aromatic N) is 7. The molecule has 0 spiro atoms. The van der Waals surface area contributed by atoms with Gasteiger partial charge in [0, 0.05) is 68.1 Å². The number of fused-ring (bicyclic) bond motifs is 3. The minimum Gasteiger partial charge on any atom is -0.461 e. The summed E-state index contributed by atoms with van der Waals surface area (Å²) in [5, 5.41) is 9.28. The van der Waals surface area contributed by atoms with Crippen LogP contribution in [0.3, 0.4) is 0 Å². The molecule has 2 amide bonds. The Kier molecular flexibility index (Phi) is 8.75. The largest absolute Gasteiger partial charge is 0.461 e. The van der Waals surface area contributed by atoms with Crippen molar-refractivity contribution in [3.05, 3.63) is 41.0 Å². The van der Waals surface area contributed by atoms with Crippen LogP contribution in [0, 0.1) is 23.0 Å². The van der Waals surface area contributed by atoms with E-state index < -0.39 is 46.2 Å². The van der Waals surface area contributed by atoms with Crippen molar-refractivity contribution in [2.24, 2.45) is 0 Å². The minimum absolute atomic E-state index is 0.0102. The average molecular weight is 759 g/mol. The summed E-state index contributed by atoms with van der Waals surface area (Å²) in [5.41, 5.74) is 1.94. The van der Waals surface area contributed by atoms with Gasteiger partial charge in [0.2, 0.25) is 0 Å². The molecule has 4 aliphatic heterocycles. The molecule has 2 aromatic heterocycles. The van der Waals surface area contributed by atoms with Gasteiger partial charge in [0.05, 0.1) is 21.4 Å². The maximum atomic E-state index is 17.2. The first-order valence-electron chi connectivity index (χ1n) is 17.7. The Labute approximate surface area is 304 Å². The van der Waals surface area contributed by atoms with E-state index >= 15 is 17.6 Å². The van der Waals surface area contributed by atoms with Crippen LogP contribution < -0.4 is 15.4 Å². The summed E-state index contributed by atoms with van der Waals surface area (Å²) in [4.78, 5) is 29.3. The molecule has 17 heteroatoms. The van der Waals surface area contributed by atoms with Crippen LogP contribution in [0.5, 0.6) is 6.01 Å². The van der Waals surface area contributed by atoms with Crippen LogP contribution in [0.4, 0.5) is 42.0 Å². The van der Waals surface area contributed by atoms with Gasteiger partial charge in [-0.1, -0.05) is 6.07 Å². The number of alkyl halides is 4. The molecule has 4 saturated heterocycles. The number of aromatic nitrogens is 2. The number of amides is 2. The van der Waals surface area contributed by atoms with E-state index in [2.05, 4.69) is 9.97 Å². The summed E-state index contributed by atoms with van der Waals surface area (Å²) in [6.07, 6.45) is -3.03. The topological polar surface area (TPSA) is 115 Å². The highest BCUT2D eigenvalue weighted by Crippen LogP contribution is 2.48. The zero-order valence-corrected chi connectivity index (χ0v) is 29.6. The number of hydrogen-bond donors (Lipinski definition) is 1. The molecule has 4 aromatic rings. The molecule has 8 rings (SSSR count). The van der Waals surface area contributed by atoms with Crippen molar-refractivity contribution in [2.75, 3.05) is 63.1 Å². The average Bonchev–Trinajstić information content (AvgIpc) is 3.86. The van der Waals surface area contributed by atoms with E-state index in [1.807, 2.05) is 11.0 Å². The summed E-state index contributed by atoms with van der Waals surface area (Å²) < 4.78 is 98.2. The monoisotopic (exact) mass is 758 g/mol. The number of likely N-dealkylation sites (N-methyl/N-ethyl adjacent to an activating group) is 1. The number of ether oxygens (including phenoxy) is 1. The van der Waals surface area contributed by atoms with Crippen molar-refractivity contribution in [3.63, 3.8) is 0 Å². The predicted molar refractivity (Wildman–Crippen MR) is 188 cm³/mol. The molecule has 4 aliphatic rings. The van der Waals surface area contributed by atoms with Crippen LogP contribution in [0.15, 0.2) is 18.2 Å². The third kappa shape index (κ3) is 5.85. The molecular formula is C36H36F6N8O2S. The van der Waals surface area contributed by atoms with Crippen LogP contribution in [0.1, 0.15) is 50.2 Å². The lowest BCUT2D eigenvalue weighted by Gasteiger charge is -2.35. The van der Waals surface area contributed by atoms with Gasteiger partial charge in [0.1, 0.15) is 41.0 Å². The molecule has 0 aliphatic carbocycles. The van der Waals surface area contributed by atoms with Crippen molar-refractivity contribution >= 4 is 49.2 Å². The van der Waals surface area contributed by atoms with Gasteiger partial charge in [0.15, 0.2) is 5.82 Å². The van der Waals surface area contributed by atoms with Gasteiger partial charge >= 0.3 is 18.2 Å². The van der Waals surface area contributed by atoms with Crippen molar-refractivity contribution in [3.8, 4) is 23.2 Å². The van der Waals surface area contributed by atoms with E-state index in [9.17, 15) is 18.8 Å². The van der Waals surface area contributed by atoms with Crippen LogP contribution in [0.2, 0.25) is 0 Å². The molecule has 3 atom stereocenters. The summed E-state index contributed by atoms with van der Waals surface area (Å²) in [6.45, 7) is 4.98. The molecule has 53 heavy (non-hydrogen) atoms. The number of likely N-dealkylation sites (tertiary alicyclic amines) is 2. The normalized spacial score (nSPS) is 23.1. The Morgan fingerprint density at radius 3 is 2.64 bits per heavy atom. The second-order valence-corrected chi connectivity index (χ2v) is 15.3. The molecular weight excluding hydrogens is 723 g/mol. The highest BCUT2D eigenvalue weighted by atomic mass is 32.1. The molecule has 2 N–H and O–H groups in total. The number of anilines is 2. The lowest BCUT2D eigenvalue weighted by molar-refractivity contribution is -0.137. The van der Waals surface area contributed by atoms with Gasteiger partial charge in [0.25, 0.3) is 0 Å². The van der Waals surface area contributed by atoms with E-state index in [1.165, 1.54) is 0 Å². The van der Waals surface area contributed by atoms with Crippen LogP contribution in [0.25, 0.3) is 32.1 Å². The zero-order chi connectivity index (χ0) is 37.4. The summed E-state index contributed by atoms with van der Waals surface area (Å²) in [7, 11) is 0. The second-order valence-electron chi connectivity index (χ2n) is 14.3. The lowest BCUT2D eigenvalue weighted by Crippen LogP contribution is -2.50. The molecule has 6 heterocycles. The molecule has 0 bridgehead atoms. The summed E-state index contributed by atoms with van der Waals surface area (Å²) in [5.74, 6) is -2.20. The highest BCUT2D eigenvalue weighted by molar-refractivity contribution is 7.23. The Morgan fingerprint density at radius 2 is 1.94 bits per heavy atom. The van der Waals surface area contributed by atoms with Gasteiger partial charge in [-0.2, -0.15) is 28.4 Å². The maximum absolute atomic E-state index is 17.2. The molecule has 280 valence electrons. The number of rotatable bonds is 7. The number of carbonyl (C=O) groups excluding carboxylic acids is 1. The Hall–Kier alpha value is -4.56. The number of thiophene rings is 1. The van der Waals surface area contributed by atoms with Gasteiger partial charge in [-0.05, 0) is 56.8 Å². The number of nitriles is 1. The predicted octanol–water partition coefficient (Wildman–Crippen LogP) is 6.94. The van der Waals surface area contributed by atoms with Crippen LogP contribution in [-0.4, -0.2) is 101 Å². The highest BCUT2D eigenvalue weighted by Gasteiger charge is 2.49. The van der Waals surface area contributed by atoms with Gasteiger partial charge < -0.3 is 25.2 Å². The Bertz CT molecular complexity index is 2170. The fourth-order valence-electron chi connectivity index (χ4n) is 8.58. The maximum Gasteiger partial charge on any atom is 0.417 e. The first kappa shape index (κ1) is 35.5. The third-order valence-corrected chi connectivity index (χ3v) is 12.3. The van der Waals surface area contributed by atoms with Gasteiger partial charge in [-0.25, -0.2) is 18.0 Å². The van der Waals surface area contributed by atoms with E-state index in [0.29, 0.717) is 50.4 Å². The Morgan fingerprint density at radius 1 is 1.15 bits per heavy atom. The quantitative estimate of drug-likeness (QED) is 0.202. The van der Waals surface area contributed by atoms with E-state index in [-0.39, 0.29) is 88.2 Å². The third-order valence-electron chi connectivity index (χ3n) is 11.2. The van der Waals surface area contributed by atoms with E-state index in [4.69, 9.17) is 10.5 Å². The summed E-state index contributed by atoms with van der Waals surface area (Å²) in [6, 6.07) is 3.76. The fraction of sp³-hybridized carbons (Fsp3) is 0.500. The SMILES string of the molecule is CCN(c1nc(OCC23CCCN2CC(F)C3)nc2c(F)c(-c3ccc(F)c4sc(N)c(C#N)c34)c(C(F)(F)F)cc12)C1CCN(C(=O)N2CCC2)C1. The van der Waals surface area contributed by atoms with E-state index in [1.54, 1.807) is 21.6 Å². The summed E-state index contributed by atoms with van der Waals surface area (Å²) >= 11 is 0.685. The molecule has 4 fully saturated rings. The number of nitrogen functional groups attached to an aromatic ring is 1. The van der Waals surface area contributed by atoms with E-state index in [0.717, 1.165) is 31.0 Å². The van der Waals surface area contributed by atoms with Crippen LogP contribution in [-0.2, 0) is 6.18 Å². The van der Waals surface area contributed by atoms with Crippen molar-refractivity contribution < 1.29 is 35.9 Å². The number of halogens is 6. The first-order valence-corrected chi connectivity index (χ1v) is 18.5. The number of benzene rings is 2.